The van der Waals surface area contributed by atoms with E-state index in [-0.39, 0.29) is 12.1 Å². The summed E-state index contributed by atoms with van der Waals surface area (Å²) in [6.45, 7) is 6.52. The number of anilines is 1. The van der Waals surface area contributed by atoms with Crippen LogP contribution in [0.4, 0.5) is 5.00 Å². The highest BCUT2D eigenvalue weighted by Crippen LogP contribution is 2.26. The van der Waals surface area contributed by atoms with E-state index in [2.05, 4.69) is 37.5 Å². The number of thiophene rings is 1. The van der Waals surface area contributed by atoms with Crippen LogP contribution in [-0.2, 0) is 0 Å². The van der Waals surface area contributed by atoms with E-state index in [0.29, 0.717) is 0 Å². The molecule has 1 heterocycles. The van der Waals surface area contributed by atoms with E-state index in [4.69, 9.17) is 5.11 Å². The van der Waals surface area contributed by atoms with Gasteiger partial charge in [0, 0.05) is 12.1 Å². The van der Waals surface area contributed by atoms with E-state index >= 15 is 0 Å². The van der Waals surface area contributed by atoms with Crippen LogP contribution in [0.5, 0.6) is 0 Å². The van der Waals surface area contributed by atoms with E-state index in [1.807, 2.05) is 0 Å². The Bertz CT molecular complexity index is 268. The van der Waals surface area contributed by atoms with Crippen molar-refractivity contribution in [3.63, 3.8) is 0 Å². The van der Waals surface area contributed by atoms with Crippen LogP contribution in [0.15, 0.2) is 11.4 Å². The molecule has 0 aromatic carbocycles. The highest BCUT2D eigenvalue weighted by Gasteiger charge is 2.17. The van der Waals surface area contributed by atoms with Crippen LogP contribution < -0.4 is 5.32 Å². The predicted molar refractivity (Wildman–Crippen MR) is 58.5 cm³/mol. The van der Waals surface area contributed by atoms with Gasteiger partial charge in [-0.3, -0.25) is 0 Å². The van der Waals surface area contributed by atoms with E-state index in [0.717, 1.165) is 6.42 Å². The molecule has 3 heteroatoms. The van der Waals surface area contributed by atoms with Gasteiger partial charge in [-0.1, -0.05) is 0 Å². The minimum Gasteiger partial charge on any atom is -0.396 e. The second-order valence-electron chi connectivity index (χ2n) is 3.92. The molecule has 0 saturated heterocycles. The second-order valence-corrected chi connectivity index (χ2v) is 4.83. The molecule has 2 nitrogen and oxygen atoms in total. The Morgan fingerprint density at radius 2 is 2.23 bits per heavy atom. The number of aryl methyl sites for hydroxylation is 1. The molecule has 0 saturated carbocycles. The van der Waals surface area contributed by atoms with Gasteiger partial charge in [-0.05, 0) is 44.2 Å². The summed E-state index contributed by atoms with van der Waals surface area (Å²) in [7, 11) is 0. The number of aliphatic hydroxyl groups excluding tert-OH is 1. The van der Waals surface area contributed by atoms with Gasteiger partial charge in [-0.15, -0.1) is 11.3 Å². The van der Waals surface area contributed by atoms with Crippen LogP contribution in [0, 0.1) is 6.92 Å². The lowest BCUT2D eigenvalue weighted by Crippen LogP contribution is -2.31. The average molecular weight is 199 g/mol. The van der Waals surface area contributed by atoms with Crippen molar-refractivity contribution < 1.29 is 5.11 Å². The average Bonchev–Trinajstić information content (AvgIpc) is 2.35. The lowest BCUT2D eigenvalue weighted by Gasteiger charge is -2.26. The zero-order chi connectivity index (χ0) is 9.90. The highest BCUT2D eigenvalue weighted by molar-refractivity contribution is 7.14. The fourth-order valence-electron chi connectivity index (χ4n) is 1.15. The van der Waals surface area contributed by atoms with Crippen molar-refractivity contribution in [3.8, 4) is 0 Å². The topological polar surface area (TPSA) is 32.3 Å². The van der Waals surface area contributed by atoms with Crippen LogP contribution in [0.2, 0.25) is 0 Å². The van der Waals surface area contributed by atoms with E-state index in [1.54, 1.807) is 11.3 Å². The van der Waals surface area contributed by atoms with Gasteiger partial charge in [-0.2, -0.15) is 0 Å². The summed E-state index contributed by atoms with van der Waals surface area (Å²) < 4.78 is 0. The Morgan fingerprint density at radius 1 is 1.54 bits per heavy atom. The standard InChI is InChI=1S/C10H17NOS/c1-8-4-7-13-9(8)11-10(2,3)5-6-12/h4,7,11-12H,5-6H2,1-3H3. The number of aliphatic hydroxyl groups is 1. The summed E-state index contributed by atoms with van der Waals surface area (Å²) in [6.07, 6.45) is 0.768. The predicted octanol–water partition coefficient (Wildman–Crippen LogP) is 2.63. The molecule has 13 heavy (non-hydrogen) atoms. The molecular formula is C10H17NOS. The van der Waals surface area contributed by atoms with Crippen molar-refractivity contribution in [1.82, 2.24) is 0 Å². The summed E-state index contributed by atoms with van der Waals surface area (Å²) in [5, 5.41) is 15.6. The second kappa shape index (κ2) is 4.11. The van der Waals surface area contributed by atoms with Crippen LogP contribution in [0.1, 0.15) is 25.8 Å². The summed E-state index contributed by atoms with van der Waals surface area (Å²) >= 11 is 1.71. The Morgan fingerprint density at radius 3 is 2.69 bits per heavy atom. The monoisotopic (exact) mass is 199 g/mol. The summed E-state index contributed by atoms with van der Waals surface area (Å²) in [4.78, 5) is 0. The minimum absolute atomic E-state index is 0.0234. The van der Waals surface area contributed by atoms with Crippen molar-refractivity contribution in [2.75, 3.05) is 11.9 Å². The number of hydrogen-bond acceptors (Lipinski definition) is 3. The van der Waals surface area contributed by atoms with Crippen molar-refractivity contribution in [1.29, 1.82) is 0 Å². The molecule has 0 bridgehead atoms. The fraction of sp³-hybridized carbons (Fsp3) is 0.600. The first kappa shape index (κ1) is 10.5. The van der Waals surface area contributed by atoms with Gasteiger partial charge in [0.1, 0.15) is 0 Å². The zero-order valence-electron chi connectivity index (χ0n) is 8.42. The van der Waals surface area contributed by atoms with Crippen molar-refractivity contribution >= 4 is 16.3 Å². The quantitative estimate of drug-likeness (QED) is 0.781. The molecule has 1 aromatic rings. The van der Waals surface area contributed by atoms with Crippen LogP contribution in [-0.4, -0.2) is 17.3 Å². The van der Waals surface area contributed by atoms with Gasteiger partial charge in [0.15, 0.2) is 0 Å². The summed E-state index contributed by atoms with van der Waals surface area (Å²) in [6, 6.07) is 2.10. The Hall–Kier alpha value is -0.540. The zero-order valence-corrected chi connectivity index (χ0v) is 9.24. The molecule has 0 radical (unpaired) electrons. The van der Waals surface area contributed by atoms with Crippen molar-refractivity contribution in [2.24, 2.45) is 0 Å². The van der Waals surface area contributed by atoms with Gasteiger partial charge in [0.2, 0.25) is 0 Å². The summed E-state index contributed by atoms with van der Waals surface area (Å²) in [5.41, 5.74) is 1.25. The molecule has 1 aromatic heterocycles. The molecule has 1 rings (SSSR count). The van der Waals surface area contributed by atoms with E-state index in [1.165, 1.54) is 10.6 Å². The van der Waals surface area contributed by atoms with Gasteiger partial charge < -0.3 is 10.4 Å². The molecule has 0 aliphatic rings. The molecule has 0 aliphatic heterocycles. The SMILES string of the molecule is Cc1ccsc1NC(C)(C)CCO. The number of hydrogen-bond donors (Lipinski definition) is 2. The van der Waals surface area contributed by atoms with Gasteiger partial charge >= 0.3 is 0 Å². The number of nitrogens with one attached hydrogen (secondary N) is 1. The molecule has 0 spiro atoms. The van der Waals surface area contributed by atoms with Crippen LogP contribution in [0.25, 0.3) is 0 Å². The lowest BCUT2D eigenvalue weighted by molar-refractivity contribution is 0.261. The number of rotatable bonds is 4. The molecule has 0 fully saturated rings. The third-order valence-corrected chi connectivity index (χ3v) is 2.98. The maximum absolute atomic E-state index is 8.86. The summed E-state index contributed by atoms with van der Waals surface area (Å²) in [5.74, 6) is 0. The Labute approximate surface area is 83.6 Å². The van der Waals surface area contributed by atoms with Crippen LogP contribution >= 0.6 is 11.3 Å². The molecule has 2 N–H and O–H groups in total. The van der Waals surface area contributed by atoms with E-state index in [9.17, 15) is 0 Å². The first-order chi connectivity index (χ1) is 6.05. The third-order valence-electron chi connectivity index (χ3n) is 2.05. The molecule has 0 unspecified atom stereocenters. The molecular weight excluding hydrogens is 182 g/mol. The first-order valence-corrected chi connectivity index (χ1v) is 5.36. The van der Waals surface area contributed by atoms with E-state index < -0.39 is 0 Å². The van der Waals surface area contributed by atoms with Crippen LogP contribution in [0.3, 0.4) is 0 Å². The van der Waals surface area contributed by atoms with Gasteiger partial charge in [0.05, 0.1) is 5.00 Å². The highest BCUT2D eigenvalue weighted by atomic mass is 32.1. The van der Waals surface area contributed by atoms with Gasteiger partial charge in [-0.25, -0.2) is 0 Å². The first-order valence-electron chi connectivity index (χ1n) is 4.48. The maximum Gasteiger partial charge on any atom is 0.0916 e. The lowest BCUT2D eigenvalue weighted by atomic mass is 10.0. The maximum atomic E-state index is 8.86. The largest absolute Gasteiger partial charge is 0.396 e. The fourth-order valence-corrected chi connectivity index (χ4v) is 2.15. The minimum atomic E-state index is -0.0234. The Kier molecular flexibility index (Phi) is 3.33. The van der Waals surface area contributed by atoms with Gasteiger partial charge in [0.25, 0.3) is 0 Å². The van der Waals surface area contributed by atoms with Crippen molar-refractivity contribution in [3.05, 3.63) is 17.0 Å². The molecule has 0 atom stereocenters. The third kappa shape index (κ3) is 3.01. The molecule has 0 amide bonds. The molecule has 74 valence electrons. The normalized spacial score (nSPS) is 11.7. The molecule has 0 aliphatic carbocycles. The van der Waals surface area contributed by atoms with Crippen molar-refractivity contribution in [2.45, 2.75) is 32.7 Å². The smallest absolute Gasteiger partial charge is 0.0916 e. The Balaban J connectivity index is 2.63.